The van der Waals surface area contributed by atoms with E-state index in [1.165, 1.54) is 0 Å². The summed E-state index contributed by atoms with van der Waals surface area (Å²) in [5.41, 5.74) is 0.558. The van der Waals surface area contributed by atoms with Crippen molar-refractivity contribution in [3.05, 3.63) is 36.4 Å². The van der Waals surface area contributed by atoms with Crippen LogP contribution in [0.15, 0.2) is 35.7 Å². The van der Waals surface area contributed by atoms with Crippen LogP contribution in [0.2, 0.25) is 0 Å². The molecule has 0 nitrogen and oxygen atoms in total. The maximum Gasteiger partial charge on any atom is 0.123 e. The first-order valence-corrected chi connectivity index (χ1v) is 4.45. The number of thioether (sulfide) groups is 1. The van der Waals surface area contributed by atoms with Gasteiger partial charge in [-0.3, -0.25) is 0 Å². The highest BCUT2D eigenvalue weighted by molar-refractivity contribution is 7.98. The molecule has 0 bridgehead atoms. The first-order chi connectivity index (χ1) is 5.24. The first kappa shape index (κ1) is 8.34. The minimum absolute atomic E-state index is 0.377. The van der Waals surface area contributed by atoms with E-state index < -0.39 is 0 Å². The number of hydrogen-bond acceptors (Lipinski definition) is 1. The Morgan fingerprint density at radius 1 is 1.36 bits per heavy atom. The van der Waals surface area contributed by atoms with Crippen molar-refractivity contribution in [2.45, 2.75) is 4.90 Å². The predicted molar refractivity (Wildman–Crippen MR) is 48.4 cm³/mol. The van der Waals surface area contributed by atoms with Gasteiger partial charge in [-0.2, -0.15) is 0 Å². The van der Waals surface area contributed by atoms with Crippen molar-refractivity contribution in [1.29, 1.82) is 0 Å². The Labute approximate surface area is 70.1 Å². The third-order valence-electron chi connectivity index (χ3n) is 1.40. The van der Waals surface area contributed by atoms with Crippen LogP contribution in [0.3, 0.4) is 0 Å². The summed E-state index contributed by atoms with van der Waals surface area (Å²) in [6.07, 6.45) is 1.99. The van der Waals surface area contributed by atoms with Gasteiger partial charge in [0.2, 0.25) is 0 Å². The molecule has 0 aliphatic heterocycles. The van der Waals surface area contributed by atoms with E-state index >= 15 is 0 Å². The lowest BCUT2D eigenvalue weighted by Crippen LogP contribution is -1.75. The summed E-state index contributed by atoms with van der Waals surface area (Å²) in [4.78, 5) is 1.13. The fraction of sp³-hybridized carbons (Fsp3) is 0.111. The van der Waals surface area contributed by atoms with Crippen molar-refractivity contribution in [3.63, 3.8) is 0 Å². The lowest BCUT2D eigenvalue weighted by molar-refractivity contribution is 0.763. The molecule has 0 fully saturated rings. The van der Waals surface area contributed by atoms with Crippen LogP contribution in [0.25, 0.3) is 5.83 Å². The van der Waals surface area contributed by atoms with E-state index in [4.69, 9.17) is 0 Å². The van der Waals surface area contributed by atoms with Gasteiger partial charge in [-0.15, -0.1) is 11.8 Å². The number of halogens is 1. The van der Waals surface area contributed by atoms with E-state index in [-0.39, 0.29) is 5.83 Å². The molecule has 0 aliphatic carbocycles. The average molecular weight is 168 g/mol. The molecule has 0 amide bonds. The Kier molecular flexibility index (Phi) is 2.71. The molecule has 0 spiro atoms. The maximum absolute atomic E-state index is 12.5. The van der Waals surface area contributed by atoms with E-state index in [0.29, 0.717) is 5.56 Å². The molecule has 0 N–H and O–H groups in total. The van der Waals surface area contributed by atoms with Gasteiger partial charge in [0.15, 0.2) is 0 Å². The standard InChI is InChI=1S/C9H9FS/c1-7(10)8-3-5-9(11-2)6-4-8/h3-6H,1H2,2H3. The molecule has 1 rings (SSSR count). The van der Waals surface area contributed by atoms with Gasteiger partial charge < -0.3 is 0 Å². The van der Waals surface area contributed by atoms with Gasteiger partial charge in [-0.25, -0.2) is 4.39 Å². The maximum atomic E-state index is 12.5. The monoisotopic (exact) mass is 168 g/mol. The molecule has 11 heavy (non-hydrogen) atoms. The van der Waals surface area contributed by atoms with Crippen LogP contribution in [-0.4, -0.2) is 6.26 Å². The molecular weight excluding hydrogens is 159 g/mol. The van der Waals surface area contributed by atoms with Gasteiger partial charge in [-0.1, -0.05) is 18.7 Å². The largest absolute Gasteiger partial charge is 0.207 e. The molecule has 0 aliphatic rings. The molecular formula is C9H9FS. The van der Waals surface area contributed by atoms with E-state index in [1.807, 2.05) is 18.4 Å². The van der Waals surface area contributed by atoms with Crippen molar-refractivity contribution in [2.75, 3.05) is 6.26 Å². The van der Waals surface area contributed by atoms with Crippen LogP contribution in [-0.2, 0) is 0 Å². The van der Waals surface area contributed by atoms with Crippen molar-refractivity contribution in [3.8, 4) is 0 Å². The second kappa shape index (κ2) is 3.58. The van der Waals surface area contributed by atoms with E-state index in [0.717, 1.165) is 4.90 Å². The molecule has 2 heteroatoms. The van der Waals surface area contributed by atoms with Gasteiger partial charge in [0, 0.05) is 10.5 Å². The number of benzene rings is 1. The minimum Gasteiger partial charge on any atom is -0.207 e. The Morgan fingerprint density at radius 3 is 2.27 bits per heavy atom. The predicted octanol–water partition coefficient (Wildman–Crippen LogP) is 3.35. The zero-order valence-electron chi connectivity index (χ0n) is 6.30. The van der Waals surface area contributed by atoms with Gasteiger partial charge in [0.05, 0.1) is 0 Å². The van der Waals surface area contributed by atoms with E-state index in [1.54, 1.807) is 23.9 Å². The summed E-state index contributed by atoms with van der Waals surface area (Å²) in [7, 11) is 0. The van der Waals surface area contributed by atoms with Crippen molar-refractivity contribution >= 4 is 17.6 Å². The summed E-state index contributed by atoms with van der Waals surface area (Å²) in [5.74, 6) is -0.377. The molecule has 1 aromatic rings. The summed E-state index contributed by atoms with van der Waals surface area (Å²) in [6, 6.07) is 7.22. The highest BCUT2D eigenvalue weighted by Crippen LogP contribution is 2.18. The smallest absolute Gasteiger partial charge is 0.123 e. The Morgan fingerprint density at radius 2 is 1.91 bits per heavy atom. The Bertz CT molecular complexity index is 251. The molecule has 0 aromatic heterocycles. The lowest BCUT2D eigenvalue weighted by Gasteiger charge is -1.97. The third kappa shape index (κ3) is 2.09. The summed E-state index contributed by atoms with van der Waals surface area (Å²) in [5, 5.41) is 0. The van der Waals surface area contributed by atoms with Crippen LogP contribution in [0.5, 0.6) is 0 Å². The number of hydrogen-bond donors (Lipinski definition) is 0. The summed E-state index contributed by atoms with van der Waals surface area (Å²) >= 11 is 1.64. The van der Waals surface area contributed by atoms with Crippen molar-refractivity contribution in [1.82, 2.24) is 0 Å². The second-order valence-corrected chi connectivity index (χ2v) is 3.01. The SMILES string of the molecule is C=C(F)c1ccc(SC)cc1. The summed E-state index contributed by atoms with van der Waals surface area (Å²) < 4.78 is 12.5. The molecule has 0 saturated carbocycles. The van der Waals surface area contributed by atoms with Gasteiger partial charge in [-0.05, 0) is 18.4 Å². The topological polar surface area (TPSA) is 0 Å². The average Bonchev–Trinajstić information content (AvgIpc) is 2.05. The molecule has 0 radical (unpaired) electrons. The Hall–Kier alpha value is -0.760. The molecule has 0 atom stereocenters. The lowest BCUT2D eigenvalue weighted by atomic mass is 10.2. The zero-order valence-corrected chi connectivity index (χ0v) is 7.12. The van der Waals surface area contributed by atoms with E-state index in [2.05, 4.69) is 6.58 Å². The van der Waals surface area contributed by atoms with Gasteiger partial charge in [0.25, 0.3) is 0 Å². The van der Waals surface area contributed by atoms with Crippen LogP contribution in [0.1, 0.15) is 5.56 Å². The summed E-state index contributed by atoms with van der Waals surface area (Å²) in [6.45, 7) is 3.21. The van der Waals surface area contributed by atoms with Crippen LogP contribution in [0.4, 0.5) is 4.39 Å². The highest BCUT2D eigenvalue weighted by atomic mass is 32.2. The van der Waals surface area contributed by atoms with Crippen molar-refractivity contribution in [2.24, 2.45) is 0 Å². The molecule has 0 heterocycles. The quantitative estimate of drug-likeness (QED) is 0.610. The molecule has 0 unspecified atom stereocenters. The molecule has 0 saturated heterocycles. The van der Waals surface area contributed by atoms with E-state index in [9.17, 15) is 4.39 Å². The fourth-order valence-corrected chi connectivity index (χ4v) is 1.18. The minimum atomic E-state index is -0.377. The molecule has 1 aromatic carbocycles. The normalized spacial score (nSPS) is 9.64. The van der Waals surface area contributed by atoms with Crippen LogP contribution >= 0.6 is 11.8 Å². The Balaban J connectivity index is 2.91. The molecule has 58 valence electrons. The van der Waals surface area contributed by atoms with Crippen molar-refractivity contribution < 1.29 is 4.39 Å². The first-order valence-electron chi connectivity index (χ1n) is 3.23. The third-order valence-corrected chi connectivity index (χ3v) is 2.15. The number of rotatable bonds is 2. The van der Waals surface area contributed by atoms with Gasteiger partial charge >= 0.3 is 0 Å². The van der Waals surface area contributed by atoms with Crippen LogP contribution < -0.4 is 0 Å². The van der Waals surface area contributed by atoms with Crippen LogP contribution in [0, 0.1) is 0 Å². The second-order valence-electron chi connectivity index (χ2n) is 2.13. The fourth-order valence-electron chi connectivity index (χ4n) is 0.772. The highest BCUT2D eigenvalue weighted by Gasteiger charge is 1.95. The zero-order chi connectivity index (χ0) is 8.27. The van der Waals surface area contributed by atoms with Gasteiger partial charge in [0.1, 0.15) is 5.83 Å².